The highest BCUT2D eigenvalue weighted by atomic mass is 35.5. The topological polar surface area (TPSA) is 45.7 Å². The van der Waals surface area contributed by atoms with Crippen LogP contribution in [0.1, 0.15) is 18.5 Å². The van der Waals surface area contributed by atoms with Crippen molar-refractivity contribution in [3.05, 3.63) is 63.1 Å². The fraction of sp³-hybridized carbons (Fsp3) is 0.188. The number of halogens is 3. The summed E-state index contributed by atoms with van der Waals surface area (Å²) in [5.74, 6) is -0.127. The van der Waals surface area contributed by atoms with Crippen LogP contribution in [0.15, 0.2) is 42.5 Å². The van der Waals surface area contributed by atoms with Gasteiger partial charge >= 0.3 is 0 Å². The number of rotatable bonds is 5. The maximum Gasteiger partial charge on any atom is 0.279 e. The second-order valence-corrected chi connectivity index (χ2v) is 6.24. The number of quaternary nitrogens is 1. The van der Waals surface area contributed by atoms with Crippen molar-refractivity contribution in [3.8, 4) is 0 Å². The van der Waals surface area contributed by atoms with Crippen molar-refractivity contribution in [1.82, 2.24) is 0 Å². The van der Waals surface area contributed by atoms with E-state index in [0.717, 1.165) is 5.56 Å². The fourth-order valence-electron chi connectivity index (χ4n) is 2.00. The van der Waals surface area contributed by atoms with Crippen molar-refractivity contribution >= 4 is 46.4 Å². The van der Waals surface area contributed by atoms with Gasteiger partial charge in [-0.05, 0) is 37.3 Å². The summed E-state index contributed by atoms with van der Waals surface area (Å²) in [5, 5.41) is 6.35. The molecule has 0 radical (unpaired) electrons. The molecule has 3 N–H and O–H groups in total. The maximum absolute atomic E-state index is 12.0. The molecule has 0 heterocycles. The minimum absolute atomic E-state index is 0.127. The average Bonchev–Trinajstić information content (AvgIpc) is 2.47. The van der Waals surface area contributed by atoms with E-state index in [2.05, 4.69) is 5.32 Å². The lowest BCUT2D eigenvalue weighted by Crippen LogP contribution is -2.86. The van der Waals surface area contributed by atoms with Gasteiger partial charge < -0.3 is 10.6 Å². The lowest BCUT2D eigenvalue weighted by Gasteiger charge is -2.12. The third-order valence-electron chi connectivity index (χ3n) is 3.24. The summed E-state index contributed by atoms with van der Waals surface area (Å²) in [6.45, 7) is 2.31. The normalized spacial score (nSPS) is 12.0. The van der Waals surface area contributed by atoms with Crippen LogP contribution in [0.4, 0.5) is 5.69 Å². The van der Waals surface area contributed by atoms with Crippen LogP contribution in [0, 0.1) is 0 Å². The van der Waals surface area contributed by atoms with Crippen molar-refractivity contribution in [3.63, 3.8) is 0 Å². The number of carbonyl (C=O) groups is 1. The van der Waals surface area contributed by atoms with E-state index in [4.69, 9.17) is 34.8 Å². The molecule has 0 unspecified atom stereocenters. The van der Waals surface area contributed by atoms with Gasteiger partial charge in [0.2, 0.25) is 0 Å². The van der Waals surface area contributed by atoms with Crippen LogP contribution in [0.5, 0.6) is 0 Å². The first kappa shape index (κ1) is 17.1. The summed E-state index contributed by atoms with van der Waals surface area (Å²) in [5.41, 5.74) is 1.63. The predicted octanol–water partition coefficient (Wildman–Crippen LogP) is 3.91. The quantitative estimate of drug-likeness (QED) is 0.836. The Morgan fingerprint density at radius 2 is 1.86 bits per heavy atom. The van der Waals surface area contributed by atoms with Crippen molar-refractivity contribution in [2.75, 3.05) is 11.9 Å². The third-order valence-corrected chi connectivity index (χ3v) is 4.02. The Hall–Kier alpha value is -1.26. The lowest BCUT2D eigenvalue weighted by atomic mass is 10.1. The predicted molar refractivity (Wildman–Crippen MR) is 91.8 cm³/mol. The Morgan fingerprint density at radius 1 is 1.14 bits per heavy atom. The summed E-state index contributed by atoms with van der Waals surface area (Å²) >= 11 is 17.8. The number of hydrogen-bond acceptors (Lipinski definition) is 1. The Balaban J connectivity index is 1.90. The molecule has 0 aromatic heterocycles. The molecule has 0 fully saturated rings. The Kier molecular flexibility index (Phi) is 6.09. The van der Waals surface area contributed by atoms with Gasteiger partial charge in [0.15, 0.2) is 6.54 Å². The molecule has 22 heavy (non-hydrogen) atoms. The highest BCUT2D eigenvalue weighted by Crippen LogP contribution is 2.25. The first-order chi connectivity index (χ1) is 10.5. The zero-order valence-corrected chi connectivity index (χ0v) is 14.2. The molecule has 2 aromatic rings. The molecular formula is C16H16Cl3N2O+. The highest BCUT2D eigenvalue weighted by Gasteiger charge is 2.13. The zero-order chi connectivity index (χ0) is 16.1. The molecule has 0 aliphatic heterocycles. The van der Waals surface area contributed by atoms with E-state index in [-0.39, 0.29) is 18.5 Å². The van der Waals surface area contributed by atoms with E-state index < -0.39 is 0 Å². The van der Waals surface area contributed by atoms with Crippen LogP contribution in [0.25, 0.3) is 0 Å². The minimum atomic E-state index is -0.127. The largest absolute Gasteiger partial charge is 0.333 e. The molecule has 0 saturated carbocycles. The molecule has 2 aromatic carbocycles. The van der Waals surface area contributed by atoms with Crippen molar-refractivity contribution < 1.29 is 10.1 Å². The van der Waals surface area contributed by atoms with Crippen molar-refractivity contribution in [2.24, 2.45) is 0 Å². The Bertz CT molecular complexity index is 676. The van der Waals surface area contributed by atoms with Gasteiger partial charge in [0, 0.05) is 15.6 Å². The smallest absolute Gasteiger partial charge is 0.279 e. The fourth-order valence-corrected chi connectivity index (χ4v) is 2.66. The van der Waals surface area contributed by atoms with Crippen LogP contribution >= 0.6 is 34.8 Å². The molecule has 0 aliphatic carbocycles. The summed E-state index contributed by atoms with van der Waals surface area (Å²) < 4.78 is 0. The molecule has 1 atom stereocenters. The molecule has 2 rings (SSSR count). The second-order valence-electron chi connectivity index (χ2n) is 4.96. The first-order valence-electron chi connectivity index (χ1n) is 6.79. The number of hydrogen-bond donors (Lipinski definition) is 2. The number of nitrogens with two attached hydrogens (primary N) is 1. The molecule has 116 valence electrons. The van der Waals surface area contributed by atoms with E-state index in [1.54, 1.807) is 18.2 Å². The Morgan fingerprint density at radius 3 is 2.55 bits per heavy atom. The summed E-state index contributed by atoms with van der Waals surface area (Å²) in [4.78, 5) is 12.0. The van der Waals surface area contributed by atoms with E-state index in [1.165, 1.54) is 0 Å². The number of anilines is 1. The molecule has 1 amide bonds. The van der Waals surface area contributed by atoms with Crippen LogP contribution < -0.4 is 10.6 Å². The molecule has 0 aliphatic rings. The molecule has 0 saturated heterocycles. The maximum atomic E-state index is 12.0. The standard InChI is InChI=1S/C16H15Cl3N2O/c1-10(11-3-2-4-12(17)7-11)20-9-16(22)21-15-6-5-13(18)8-14(15)19/h2-8,10,20H,9H2,1H3,(H,21,22)/p+1/t10-/m0/s1. The third kappa shape index (κ3) is 4.89. The van der Waals surface area contributed by atoms with Crippen molar-refractivity contribution in [1.29, 1.82) is 0 Å². The minimum Gasteiger partial charge on any atom is -0.333 e. The van der Waals surface area contributed by atoms with Gasteiger partial charge in [0.25, 0.3) is 5.91 Å². The zero-order valence-electron chi connectivity index (χ0n) is 11.9. The van der Waals surface area contributed by atoms with Gasteiger partial charge in [-0.15, -0.1) is 0 Å². The van der Waals surface area contributed by atoms with Gasteiger partial charge in [-0.25, -0.2) is 0 Å². The summed E-state index contributed by atoms with van der Waals surface area (Å²) in [7, 11) is 0. The first-order valence-corrected chi connectivity index (χ1v) is 7.93. The van der Waals surface area contributed by atoms with Crippen LogP contribution in [-0.4, -0.2) is 12.5 Å². The van der Waals surface area contributed by atoms with Gasteiger partial charge in [0.1, 0.15) is 6.04 Å². The van der Waals surface area contributed by atoms with Gasteiger partial charge in [-0.2, -0.15) is 0 Å². The van der Waals surface area contributed by atoms with E-state index >= 15 is 0 Å². The SMILES string of the molecule is C[C@H]([NH2+]CC(=O)Nc1ccc(Cl)cc1Cl)c1cccc(Cl)c1. The van der Waals surface area contributed by atoms with Crippen molar-refractivity contribution in [2.45, 2.75) is 13.0 Å². The molecule has 0 bridgehead atoms. The summed E-state index contributed by atoms with van der Waals surface area (Å²) in [6, 6.07) is 12.7. The lowest BCUT2D eigenvalue weighted by molar-refractivity contribution is -0.682. The van der Waals surface area contributed by atoms with Crippen LogP contribution in [0.2, 0.25) is 15.1 Å². The van der Waals surface area contributed by atoms with E-state index in [1.807, 2.05) is 36.5 Å². The van der Waals surface area contributed by atoms with E-state index in [0.29, 0.717) is 20.8 Å². The van der Waals surface area contributed by atoms with Gasteiger partial charge in [-0.3, -0.25) is 4.79 Å². The summed E-state index contributed by atoms with van der Waals surface area (Å²) in [6.07, 6.45) is 0. The molecule has 6 heteroatoms. The highest BCUT2D eigenvalue weighted by molar-refractivity contribution is 6.36. The van der Waals surface area contributed by atoms with E-state index in [9.17, 15) is 4.79 Å². The number of benzene rings is 2. The average molecular weight is 359 g/mol. The number of carbonyl (C=O) groups excluding carboxylic acids is 1. The monoisotopic (exact) mass is 357 g/mol. The number of amides is 1. The Labute approximate surface area is 144 Å². The molecule has 0 spiro atoms. The van der Waals surface area contributed by atoms with Crippen LogP contribution in [-0.2, 0) is 4.79 Å². The second kappa shape index (κ2) is 7.84. The van der Waals surface area contributed by atoms with Gasteiger partial charge in [-0.1, -0.05) is 46.9 Å². The van der Waals surface area contributed by atoms with Crippen LogP contribution in [0.3, 0.4) is 0 Å². The van der Waals surface area contributed by atoms with Gasteiger partial charge in [0.05, 0.1) is 10.7 Å². The molecule has 3 nitrogen and oxygen atoms in total. The molecular weight excluding hydrogens is 343 g/mol. The number of nitrogens with one attached hydrogen (secondary N) is 1.